The number of methoxy groups -OCH3 is 1. The Bertz CT molecular complexity index is 76.0. The third-order valence-electron chi connectivity index (χ3n) is 1.67. The minimum Gasteiger partial charge on any atom is -0.383 e. The lowest BCUT2D eigenvalue weighted by Crippen LogP contribution is -2.34. The van der Waals surface area contributed by atoms with Gasteiger partial charge >= 0.3 is 0 Å². The van der Waals surface area contributed by atoms with E-state index in [0.29, 0.717) is 6.04 Å². The summed E-state index contributed by atoms with van der Waals surface area (Å²) in [6, 6.07) is 0.535. The smallest absolute Gasteiger partial charge is 0.0615 e. The SMILES string of the molecule is CCN(CP)C(C)COC. The molecule has 0 aromatic heterocycles. The van der Waals surface area contributed by atoms with Gasteiger partial charge in [-0.2, -0.15) is 0 Å². The molecular formula is C7H18NOP. The van der Waals surface area contributed by atoms with Crippen LogP contribution in [-0.4, -0.2) is 37.5 Å². The zero-order chi connectivity index (χ0) is 7.98. The van der Waals surface area contributed by atoms with Crippen molar-refractivity contribution in [2.75, 3.05) is 26.5 Å². The molecule has 0 aliphatic rings. The lowest BCUT2D eigenvalue weighted by Gasteiger charge is -2.25. The predicted octanol–water partition coefficient (Wildman–Crippen LogP) is 1.18. The van der Waals surface area contributed by atoms with Crippen molar-refractivity contribution in [3.63, 3.8) is 0 Å². The van der Waals surface area contributed by atoms with Crippen molar-refractivity contribution in [2.45, 2.75) is 19.9 Å². The standard InChI is InChI=1S/C7H18NOP/c1-4-8(6-10)7(2)5-9-3/h7H,4-6,10H2,1-3H3. The van der Waals surface area contributed by atoms with Gasteiger partial charge in [-0.15, -0.1) is 9.24 Å². The summed E-state index contributed by atoms with van der Waals surface area (Å²) in [5.74, 6) is 0. The zero-order valence-corrected chi connectivity index (χ0v) is 8.29. The number of nitrogens with zero attached hydrogens (tertiary/aromatic N) is 1. The van der Waals surface area contributed by atoms with Crippen LogP contribution in [-0.2, 0) is 4.74 Å². The maximum Gasteiger partial charge on any atom is 0.0615 e. The van der Waals surface area contributed by atoms with Gasteiger partial charge in [-0.05, 0) is 13.5 Å². The first kappa shape index (κ1) is 10.3. The van der Waals surface area contributed by atoms with Crippen LogP contribution < -0.4 is 0 Å². The highest BCUT2D eigenvalue weighted by Gasteiger charge is 2.07. The van der Waals surface area contributed by atoms with Crippen LogP contribution in [0, 0.1) is 0 Å². The molecule has 2 nitrogen and oxygen atoms in total. The second-order valence-corrected chi connectivity index (χ2v) is 2.76. The first-order valence-corrected chi connectivity index (χ1v) is 4.51. The van der Waals surface area contributed by atoms with Gasteiger partial charge in [-0.25, -0.2) is 0 Å². The summed E-state index contributed by atoms with van der Waals surface area (Å²) in [6.45, 7) is 6.25. The van der Waals surface area contributed by atoms with E-state index in [1.165, 1.54) is 0 Å². The van der Waals surface area contributed by atoms with Gasteiger partial charge in [0.15, 0.2) is 0 Å². The predicted molar refractivity (Wildman–Crippen MR) is 48.3 cm³/mol. The molecule has 0 aliphatic carbocycles. The van der Waals surface area contributed by atoms with Gasteiger partial charge in [0.25, 0.3) is 0 Å². The monoisotopic (exact) mass is 163 g/mol. The average molecular weight is 163 g/mol. The molecule has 0 aliphatic heterocycles. The molecule has 0 saturated heterocycles. The molecule has 2 atom stereocenters. The van der Waals surface area contributed by atoms with E-state index in [0.717, 1.165) is 19.4 Å². The summed E-state index contributed by atoms with van der Waals surface area (Å²) in [5.41, 5.74) is 0. The van der Waals surface area contributed by atoms with Gasteiger partial charge in [0.05, 0.1) is 6.61 Å². The maximum absolute atomic E-state index is 5.04. The molecule has 3 heteroatoms. The molecule has 0 heterocycles. The Morgan fingerprint density at radius 3 is 2.50 bits per heavy atom. The van der Waals surface area contributed by atoms with Crippen LogP contribution >= 0.6 is 9.24 Å². The van der Waals surface area contributed by atoms with Crippen LogP contribution in [0.1, 0.15) is 13.8 Å². The lowest BCUT2D eigenvalue weighted by molar-refractivity contribution is 0.115. The van der Waals surface area contributed by atoms with Crippen molar-refractivity contribution >= 4 is 9.24 Å². The number of hydrogen-bond donors (Lipinski definition) is 0. The first-order valence-electron chi connectivity index (χ1n) is 3.69. The van der Waals surface area contributed by atoms with Crippen LogP contribution in [0.3, 0.4) is 0 Å². The second kappa shape index (κ2) is 6.09. The largest absolute Gasteiger partial charge is 0.383 e. The highest BCUT2D eigenvalue weighted by atomic mass is 31.0. The van der Waals surface area contributed by atoms with Crippen molar-refractivity contribution in [1.82, 2.24) is 4.90 Å². The summed E-state index contributed by atoms with van der Waals surface area (Å²) in [7, 11) is 4.47. The Hall–Kier alpha value is 0.350. The first-order chi connectivity index (χ1) is 4.76. The number of likely N-dealkylation sites (N-methyl/N-ethyl adjacent to an activating group) is 1. The summed E-state index contributed by atoms with van der Waals surface area (Å²) < 4.78 is 5.04. The fourth-order valence-electron chi connectivity index (χ4n) is 0.967. The van der Waals surface area contributed by atoms with Gasteiger partial charge in [0, 0.05) is 19.4 Å². The van der Waals surface area contributed by atoms with Gasteiger partial charge in [-0.3, -0.25) is 4.90 Å². The Balaban J connectivity index is 3.53. The van der Waals surface area contributed by atoms with Gasteiger partial charge < -0.3 is 4.74 Å². The third kappa shape index (κ3) is 3.50. The molecule has 62 valence electrons. The summed E-state index contributed by atoms with van der Waals surface area (Å²) in [4.78, 5) is 2.34. The molecule has 0 radical (unpaired) electrons. The van der Waals surface area contributed by atoms with Gasteiger partial charge in [-0.1, -0.05) is 6.92 Å². The van der Waals surface area contributed by atoms with Crippen LogP contribution in [0.15, 0.2) is 0 Å². The number of hydrogen-bond acceptors (Lipinski definition) is 2. The topological polar surface area (TPSA) is 12.5 Å². The van der Waals surface area contributed by atoms with E-state index in [1.54, 1.807) is 7.11 Å². The van der Waals surface area contributed by atoms with Crippen molar-refractivity contribution < 1.29 is 4.74 Å². The van der Waals surface area contributed by atoms with Gasteiger partial charge in [0.2, 0.25) is 0 Å². The van der Waals surface area contributed by atoms with E-state index >= 15 is 0 Å². The van der Waals surface area contributed by atoms with Crippen molar-refractivity contribution in [3.05, 3.63) is 0 Å². The van der Waals surface area contributed by atoms with Crippen molar-refractivity contribution in [2.24, 2.45) is 0 Å². The highest BCUT2D eigenvalue weighted by Crippen LogP contribution is 2.01. The molecule has 0 fully saturated rings. The van der Waals surface area contributed by atoms with E-state index in [-0.39, 0.29) is 0 Å². The maximum atomic E-state index is 5.04. The Labute approximate surface area is 66.1 Å². The van der Waals surface area contributed by atoms with Crippen molar-refractivity contribution in [3.8, 4) is 0 Å². The number of rotatable bonds is 5. The van der Waals surface area contributed by atoms with Crippen LogP contribution in [0.2, 0.25) is 0 Å². The molecule has 0 spiro atoms. The molecule has 0 aromatic rings. The minimum absolute atomic E-state index is 0.535. The Morgan fingerprint density at radius 2 is 2.20 bits per heavy atom. The molecule has 0 bridgehead atoms. The molecule has 10 heavy (non-hydrogen) atoms. The molecule has 0 rings (SSSR count). The fraction of sp³-hybridized carbons (Fsp3) is 1.00. The van der Waals surface area contributed by atoms with E-state index in [2.05, 4.69) is 28.0 Å². The average Bonchev–Trinajstić information content (AvgIpc) is 1.91. The lowest BCUT2D eigenvalue weighted by atomic mass is 10.3. The van der Waals surface area contributed by atoms with Crippen LogP contribution in [0.5, 0.6) is 0 Å². The molecule has 0 saturated carbocycles. The molecular weight excluding hydrogens is 145 g/mol. The fourth-order valence-corrected chi connectivity index (χ4v) is 1.59. The Kier molecular flexibility index (Phi) is 6.30. The second-order valence-electron chi connectivity index (χ2n) is 2.39. The molecule has 2 unspecified atom stereocenters. The molecule has 0 N–H and O–H groups in total. The summed E-state index contributed by atoms with van der Waals surface area (Å²) >= 11 is 0. The van der Waals surface area contributed by atoms with Gasteiger partial charge in [0.1, 0.15) is 0 Å². The van der Waals surface area contributed by atoms with E-state index in [9.17, 15) is 0 Å². The van der Waals surface area contributed by atoms with Crippen LogP contribution in [0.4, 0.5) is 0 Å². The normalized spacial score (nSPS) is 14.1. The molecule has 0 aromatic carbocycles. The van der Waals surface area contributed by atoms with E-state index in [4.69, 9.17) is 4.74 Å². The van der Waals surface area contributed by atoms with E-state index in [1.807, 2.05) is 0 Å². The number of ether oxygens (including phenoxy) is 1. The quantitative estimate of drug-likeness (QED) is 0.564. The summed E-state index contributed by atoms with van der Waals surface area (Å²) in [5, 5.41) is 0. The molecule has 0 amide bonds. The van der Waals surface area contributed by atoms with E-state index < -0.39 is 0 Å². The highest BCUT2D eigenvalue weighted by molar-refractivity contribution is 7.16. The van der Waals surface area contributed by atoms with Crippen molar-refractivity contribution in [1.29, 1.82) is 0 Å². The third-order valence-corrected chi connectivity index (χ3v) is 2.14. The summed E-state index contributed by atoms with van der Waals surface area (Å²) in [6.07, 6.45) is 1.03. The Morgan fingerprint density at radius 1 is 1.60 bits per heavy atom. The van der Waals surface area contributed by atoms with Crippen LogP contribution in [0.25, 0.3) is 0 Å². The minimum atomic E-state index is 0.535. The zero-order valence-electron chi connectivity index (χ0n) is 7.13.